The molecule has 1 aliphatic rings. The quantitative estimate of drug-likeness (QED) is 0.237. The molecule has 2 radical (unpaired) electrons. The molecule has 178 valence electrons. The van der Waals surface area contributed by atoms with Gasteiger partial charge in [-0.3, -0.25) is 0 Å². The van der Waals surface area contributed by atoms with E-state index < -0.39 is 0 Å². The van der Waals surface area contributed by atoms with Gasteiger partial charge in [-0.2, -0.15) is 0 Å². The molecular weight excluding hydrogens is 518 g/mol. The number of hydrogen-bond acceptors (Lipinski definition) is 1. The van der Waals surface area contributed by atoms with Gasteiger partial charge in [0.1, 0.15) is 0 Å². The Kier molecular flexibility index (Phi) is 76.0. The first-order chi connectivity index (χ1) is 15.4. The van der Waals surface area contributed by atoms with Gasteiger partial charge in [-0.15, -0.1) is 0 Å². The first-order valence-corrected chi connectivity index (χ1v) is 8.51. The van der Waals surface area contributed by atoms with Crippen LogP contribution in [-0.2, 0) is 66.2 Å². The minimum Gasteiger partial charge on any atom is 0 e. The van der Waals surface area contributed by atoms with E-state index in [1.165, 1.54) is 24.8 Å². The molecule has 0 N–H and O–H groups in total. The van der Waals surface area contributed by atoms with Crippen LogP contribution in [0, 0.1) is 51.7 Å². The SMILES string of the molecule is CCCCC#CC1CCC/C(=C\c2ccccc2)O1.[C-]#[O+].[C-]#[O+].[C-]#[O+].[C-]#[O+].[C-]#[O+].[C-]#[O+].[Co].[Co]. The Morgan fingerprint density at radius 2 is 1.36 bits per heavy atom. The van der Waals surface area contributed by atoms with Crippen LogP contribution in [0.4, 0.5) is 0 Å². The van der Waals surface area contributed by atoms with Gasteiger partial charge in [0.15, 0.2) is 6.10 Å². The van der Waals surface area contributed by atoms with Crippen LogP contribution in [-0.4, -0.2) is 6.10 Å². The smallest absolute Gasteiger partial charge is 0 e. The van der Waals surface area contributed by atoms with E-state index >= 15 is 0 Å². The summed E-state index contributed by atoms with van der Waals surface area (Å²) >= 11 is 0. The first kappa shape index (κ1) is 48.3. The van der Waals surface area contributed by atoms with Gasteiger partial charge in [0.2, 0.25) is 0 Å². The van der Waals surface area contributed by atoms with Crippen molar-refractivity contribution in [2.45, 2.75) is 51.6 Å². The molecule has 1 aromatic rings. The van der Waals surface area contributed by atoms with Crippen LogP contribution in [0.1, 0.15) is 51.0 Å². The molecule has 0 saturated carbocycles. The summed E-state index contributed by atoms with van der Waals surface area (Å²) in [6.45, 7) is 29.2. The van der Waals surface area contributed by atoms with Gasteiger partial charge in [0.25, 0.3) is 0 Å². The molecule has 2 rings (SSSR count). The zero-order chi connectivity index (χ0) is 25.3. The predicted octanol–water partition coefficient (Wildman–Crippen LogP) is 4.56. The molecule has 1 aromatic carbocycles. The third kappa shape index (κ3) is 34.6. The third-order valence-electron chi connectivity index (χ3n) is 3.23. The summed E-state index contributed by atoms with van der Waals surface area (Å²) in [5.74, 6) is 7.57. The number of benzene rings is 1. The van der Waals surface area contributed by atoms with Gasteiger partial charge in [0.05, 0.1) is 5.76 Å². The van der Waals surface area contributed by atoms with E-state index in [0.29, 0.717) is 0 Å². The zero-order valence-corrected chi connectivity index (χ0v) is 19.9. The summed E-state index contributed by atoms with van der Waals surface area (Å²) in [4.78, 5) is 0. The van der Waals surface area contributed by atoms with Crippen molar-refractivity contribution in [1.29, 1.82) is 0 Å². The summed E-state index contributed by atoms with van der Waals surface area (Å²) in [6.07, 6.45) is 8.89. The average molecular weight is 540 g/mol. The number of hydrogen-bond donors (Lipinski definition) is 0. The molecule has 0 amide bonds. The van der Waals surface area contributed by atoms with Gasteiger partial charge >= 0.3 is 67.8 Å². The molecule has 9 heteroatoms. The molecule has 1 atom stereocenters. The van der Waals surface area contributed by atoms with E-state index in [2.05, 4.69) is 89.0 Å². The maximum absolute atomic E-state index is 7.50. The Bertz CT molecular complexity index is 675. The van der Waals surface area contributed by atoms with Crippen molar-refractivity contribution in [3.63, 3.8) is 0 Å². The molecule has 1 aliphatic heterocycles. The van der Waals surface area contributed by atoms with E-state index in [0.717, 1.165) is 25.0 Å². The van der Waals surface area contributed by atoms with Crippen LogP contribution in [0.15, 0.2) is 36.1 Å². The molecule has 0 aliphatic carbocycles. The Morgan fingerprint density at radius 3 is 1.82 bits per heavy atom. The number of unbranched alkanes of at least 4 members (excludes halogenated alkanes) is 2. The second-order valence-corrected chi connectivity index (χ2v) is 4.94. The van der Waals surface area contributed by atoms with Crippen LogP contribution in [0.5, 0.6) is 0 Å². The van der Waals surface area contributed by atoms with Crippen LogP contribution in [0.3, 0.4) is 0 Å². The average Bonchev–Trinajstić information content (AvgIpc) is 2.90. The van der Waals surface area contributed by atoms with Crippen molar-refractivity contribution >= 4 is 6.08 Å². The zero-order valence-electron chi connectivity index (χ0n) is 17.8. The molecule has 1 heterocycles. The van der Waals surface area contributed by atoms with Crippen molar-refractivity contribution in [3.05, 3.63) is 81.6 Å². The fraction of sp³-hybridized carbons (Fsp3) is 0.333. The van der Waals surface area contributed by atoms with Gasteiger partial charge in [0, 0.05) is 46.4 Å². The fourth-order valence-electron chi connectivity index (χ4n) is 2.16. The van der Waals surface area contributed by atoms with Crippen LogP contribution < -0.4 is 0 Å². The minimum absolute atomic E-state index is 0. The molecule has 0 bridgehead atoms. The molecule has 33 heavy (non-hydrogen) atoms. The van der Waals surface area contributed by atoms with Gasteiger partial charge in [-0.05, 0) is 30.9 Å². The van der Waals surface area contributed by atoms with Crippen molar-refractivity contribution in [2.75, 3.05) is 0 Å². The second-order valence-electron chi connectivity index (χ2n) is 4.94. The Labute approximate surface area is 216 Å². The van der Waals surface area contributed by atoms with E-state index in [9.17, 15) is 0 Å². The molecule has 0 spiro atoms. The van der Waals surface area contributed by atoms with Crippen LogP contribution >= 0.6 is 0 Å². The number of allylic oxidation sites excluding steroid dienone is 1. The molecular formula is C24H22Co2O7. The second kappa shape index (κ2) is 52.0. The van der Waals surface area contributed by atoms with Gasteiger partial charge < -0.3 is 4.74 Å². The van der Waals surface area contributed by atoms with Crippen LogP contribution in [0.2, 0.25) is 0 Å². The van der Waals surface area contributed by atoms with Crippen LogP contribution in [0.25, 0.3) is 6.08 Å². The Morgan fingerprint density at radius 1 is 0.879 bits per heavy atom. The molecule has 7 nitrogen and oxygen atoms in total. The van der Waals surface area contributed by atoms with Crippen molar-refractivity contribution < 1.29 is 66.2 Å². The number of rotatable bonds is 3. The van der Waals surface area contributed by atoms with E-state index in [1.54, 1.807) is 0 Å². The van der Waals surface area contributed by atoms with Crippen molar-refractivity contribution in [2.24, 2.45) is 0 Å². The van der Waals surface area contributed by atoms with Crippen molar-refractivity contribution in [3.8, 4) is 11.8 Å². The minimum atomic E-state index is 0. The summed E-state index contributed by atoms with van der Waals surface area (Å²) in [5.41, 5.74) is 1.21. The van der Waals surface area contributed by atoms with Crippen molar-refractivity contribution in [1.82, 2.24) is 0 Å². The fourth-order valence-corrected chi connectivity index (χ4v) is 2.16. The van der Waals surface area contributed by atoms with Gasteiger partial charge in [-0.25, -0.2) is 0 Å². The largest absolute Gasteiger partial charge is 0 e. The summed E-state index contributed by atoms with van der Waals surface area (Å²) in [7, 11) is 0. The molecule has 1 saturated heterocycles. The summed E-state index contributed by atoms with van der Waals surface area (Å²) in [5, 5.41) is 0. The third-order valence-corrected chi connectivity index (χ3v) is 3.23. The maximum Gasteiger partial charge on any atom is 0 e. The monoisotopic (exact) mass is 540 g/mol. The van der Waals surface area contributed by atoms with E-state index in [1.807, 2.05) is 6.07 Å². The Hall–Kier alpha value is -2.23. The first-order valence-electron chi connectivity index (χ1n) is 8.51. The number of ether oxygens (including phenoxy) is 1. The summed E-state index contributed by atoms with van der Waals surface area (Å²) in [6, 6.07) is 10.3. The van der Waals surface area contributed by atoms with Gasteiger partial charge in [-0.1, -0.05) is 55.5 Å². The van der Waals surface area contributed by atoms with E-state index in [-0.39, 0.29) is 39.7 Å². The topological polar surface area (TPSA) is 129 Å². The maximum atomic E-state index is 7.50. The molecule has 0 aromatic heterocycles. The normalized spacial score (nSPS) is 12.2. The molecule has 1 fully saturated rings. The molecule has 1 unspecified atom stereocenters. The Balaban J connectivity index is -0.0000000844. The van der Waals surface area contributed by atoms with E-state index in [4.69, 9.17) is 32.6 Å². The standard InChI is InChI=1S/C18H22O.6CO.2Co/c1-2-3-4-8-12-17-13-9-14-18(19-17)15-16-10-6-5-7-11-16;6*1-2;;/h5-7,10-11,15,17H,2-4,9,13-14H2,1H3;;;;;;;;/b18-15+;;;;;;;;. The predicted molar refractivity (Wildman–Crippen MR) is 104 cm³/mol. The summed E-state index contributed by atoms with van der Waals surface area (Å²) < 4.78 is 51.0.